The predicted molar refractivity (Wildman–Crippen MR) is 99.9 cm³/mol. The Morgan fingerprint density at radius 1 is 1.15 bits per heavy atom. The molecule has 1 aromatic heterocycles. The standard InChI is InChI=1S/C20H21N3O3/c1-13-4-5-15(14(2)8-13)22-20(24)11-23-12-21-16-9-18-19(10-17(16)23)26-7-3-6-25-18/h4-5,8-10,12H,3,6-7,11H2,1-2H3,(H,22,24). The van der Waals surface area contributed by atoms with Gasteiger partial charge >= 0.3 is 0 Å². The van der Waals surface area contributed by atoms with Gasteiger partial charge in [-0.1, -0.05) is 17.7 Å². The summed E-state index contributed by atoms with van der Waals surface area (Å²) in [6.45, 7) is 5.47. The molecular weight excluding hydrogens is 330 g/mol. The molecule has 1 N–H and O–H groups in total. The molecule has 2 heterocycles. The zero-order chi connectivity index (χ0) is 18.1. The van der Waals surface area contributed by atoms with Crippen LogP contribution < -0.4 is 14.8 Å². The van der Waals surface area contributed by atoms with Crippen molar-refractivity contribution in [2.24, 2.45) is 0 Å². The quantitative estimate of drug-likeness (QED) is 0.785. The fraction of sp³-hybridized carbons (Fsp3) is 0.300. The molecular formula is C20H21N3O3. The maximum absolute atomic E-state index is 12.5. The van der Waals surface area contributed by atoms with Gasteiger partial charge in [0, 0.05) is 24.2 Å². The van der Waals surface area contributed by atoms with E-state index >= 15 is 0 Å². The van der Waals surface area contributed by atoms with Crippen LogP contribution in [0.25, 0.3) is 11.0 Å². The first-order chi connectivity index (χ1) is 12.6. The van der Waals surface area contributed by atoms with E-state index in [1.54, 1.807) is 6.33 Å². The zero-order valence-corrected chi connectivity index (χ0v) is 14.9. The minimum absolute atomic E-state index is 0.0941. The summed E-state index contributed by atoms with van der Waals surface area (Å²) in [6, 6.07) is 9.73. The SMILES string of the molecule is Cc1ccc(NC(=O)Cn2cnc3cc4c(cc32)OCCCO4)c(C)c1. The van der Waals surface area contributed by atoms with E-state index in [1.165, 1.54) is 5.56 Å². The molecule has 6 nitrogen and oxygen atoms in total. The Morgan fingerprint density at radius 3 is 2.69 bits per heavy atom. The molecule has 2 aromatic carbocycles. The first kappa shape index (κ1) is 16.4. The average Bonchev–Trinajstić information content (AvgIpc) is 2.84. The normalized spacial score (nSPS) is 13.5. The van der Waals surface area contributed by atoms with Crippen molar-refractivity contribution in [2.45, 2.75) is 26.8 Å². The third kappa shape index (κ3) is 3.22. The molecule has 3 aromatic rings. The number of aromatic nitrogens is 2. The number of carbonyl (C=O) groups is 1. The first-order valence-electron chi connectivity index (χ1n) is 8.72. The number of hydrogen-bond acceptors (Lipinski definition) is 4. The lowest BCUT2D eigenvalue weighted by Gasteiger charge is -2.11. The molecule has 134 valence electrons. The number of carbonyl (C=O) groups excluding carboxylic acids is 1. The van der Waals surface area contributed by atoms with E-state index in [4.69, 9.17) is 9.47 Å². The van der Waals surface area contributed by atoms with Gasteiger partial charge in [0.1, 0.15) is 6.54 Å². The Bertz CT molecular complexity index is 978. The highest BCUT2D eigenvalue weighted by Gasteiger charge is 2.15. The van der Waals surface area contributed by atoms with Gasteiger partial charge in [0.2, 0.25) is 5.91 Å². The van der Waals surface area contributed by atoms with Crippen LogP contribution in [-0.4, -0.2) is 28.7 Å². The highest BCUT2D eigenvalue weighted by atomic mass is 16.5. The molecule has 0 bridgehead atoms. The number of ether oxygens (including phenoxy) is 2. The van der Waals surface area contributed by atoms with Crippen molar-refractivity contribution in [3.05, 3.63) is 47.8 Å². The van der Waals surface area contributed by atoms with Crippen molar-refractivity contribution in [2.75, 3.05) is 18.5 Å². The Kier molecular flexibility index (Phi) is 4.24. The fourth-order valence-corrected chi connectivity index (χ4v) is 3.14. The Hall–Kier alpha value is -3.02. The largest absolute Gasteiger partial charge is 0.489 e. The van der Waals surface area contributed by atoms with E-state index in [-0.39, 0.29) is 12.5 Å². The van der Waals surface area contributed by atoms with Gasteiger partial charge in [0.25, 0.3) is 0 Å². The number of nitrogens with zero attached hydrogens (tertiary/aromatic N) is 2. The van der Waals surface area contributed by atoms with Crippen LogP contribution in [0.15, 0.2) is 36.7 Å². The average molecular weight is 351 g/mol. The number of aryl methyl sites for hydroxylation is 2. The zero-order valence-electron chi connectivity index (χ0n) is 14.9. The van der Waals surface area contributed by atoms with Gasteiger partial charge in [-0.3, -0.25) is 4.79 Å². The number of benzene rings is 2. The van der Waals surface area contributed by atoms with E-state index in [0.717, 1.165) is 28.7 Å². The van der Waals surface area contributed by atoms with Crippen LogP contribution in [0, 0.1) is 13.8 Å². The maximum Gasteiger partial charge on any atom is 0.244 e. The second-order valence-corrected chi connectivity index (χ2v) is 6.58. The summed E-state index contributed by atoms with van der Waals surface area (Å²) in [5.41, 5.74) is 4.68. The van der Waals surface area contributed by atoms with Crippen molar-refractivity contribution in [1.82, 2.24) is 9.55 Å². The molecule has 0 radical (unpaired) electrons. The summed E-state index contributed by atoms with van der Waals surface area (Å²) in [4.78, 5) is 16.9. The fourth-order valence-electron chi connectivity index (χ4n) is 3.14. The van der Waals surface area contributed by atoms with E-state index in [1.807, 2.05) is 42.7 Å². The van der Waals surface area contributed by atoms with Crippen LogP contribution in [0.5, 0.6) is 11.5 Å². The highest BCUT2D eigenvalue weighted by molar-refractivity contribution is 5.92. The Balaban J connectivity index is 1.57. The molecule has 0 atom stereocenters. The predicted octanol–water partition coefficient (Wildman–Crippen LogP) is 3.45. The van der Waals surface area contributed by atoms with Gasteiger partial charge in [-0.05, 0) is 25.5 Å². The third-order valence-corrected chi connectivity index (χ3v) is 4.46. The third-order valence-electron chi connectivity index (χ3n) is 4.46. The van der Waals surface area contributed by atoms with Gasteiger partial charge in [0.05, 0.1) is 30.6 Å². The van der Waals surface area contributed by atoms with Gasteiger partial charge in [-0.15, -0.1) is 0 Å². The topological polar surface area (TPSA) is 65.4 Å². The van der Waals surface area contributed by atoms with Gasteiger partial charge in [0.15, 0.2) is 11.5 Å². The lowest BCUT2D eigenvalue weighted by atomic mass is 10.1. The number of anilines is 1. The van der Waals surface area contributed by atoms with Crippen LogP contribution >= 0.6 is 0 Å². The summed E-state index contributed by atoms with van der Waals surface area (Å²) < 4.78 is 13.3. The van der Waals surface area contributed by atoms with Crippen molar-refractivity contribution in [1.29, 1.82) is 0 Å². The summed E-state index contributed by atoms with van der Waals surface area (Å²) in [7, 11) is 0. The lowest BCUT2D eigenvalue weighted by Crippen LogP contribution is -2.18. The smallest absolute Gasteiger partial charge is 0.244 e. The van der Waals surface area contributed by atoms with Crippen LogP contribution in [0.3, 0.4) is 0 Å². The number of fused-ring (bicyclic) bond motifs is 2. The van der Waals surface area contributed by atoms with Crippen LogP contribution in [0.1, 0.15) is 17.5 Å². The minimum atomic E-state index is -0.0941. The van der Waals surface area contributed by atoms with E-state index < -0.39 is 0 Å². The molecule has 0 spiro atoms. The number of hydrogen-bond donors (Lipinski definition) is 1. The number of amides is 1. The summed E-state index contributed by atoms with van der Waals surface area (Å²) in [6.07, 6.45) is 2.52. The van der Waals surface area contributed by atoms with Crippen LogP contribution in [-0.2, 0) is 11.3 Å². The maximum atomic E-state index is 12.5. The number of nitrogens with one attached hydrogen (secondary N) is 1. The molecule has 1 aliphatic rings. The summed E-state index contributed by atoms with van der Waals surface area (Å²) >= 11 is 0. The molecule has 26 heavy (non-hydrogen) atoms. The molecule has 4 rings (SSSR count). The second-order valence-electron chi connectivity index (χ2n) is 6.58. The van der Waals surface area contributed by atoms with Gasteiger partial charge < -0.3 is 19.4 Å². The van der Waals surface area contributed by atoms with Crippen molar-refractivity contribution >= 4 is 22.6 Å². The van der Waals surface area contributed by atoms with E-state index in [2.05, 4.69) is 16.4 Å². The Labute approximate surface area is 151 Å². The molecule has 0 unspecified atom stereocenters. The van der Waals surface area contributed by atoms with Crippen molar-refractivity contribution in [3.63, 3.8) is 0 Å². The summed E-state index contributed by atoms with van der Waals surface area (Å²) in [5.74, 6) is 1.31. The molecule has 0 fully saturated rings. The second kappa shape index (κ2) is 6.71. The lowest BCUT2D eigenvalue weighted by molar-refractivity contribution is -0.116. The molecule has 0 saturated heterocycles. The number of imidazole rings is 1. The molecule has 0 aliphatic carbocycles. The van der Waals surface area contributed by atoms with Crippen molar-refractivity contribution in [3.8, 4) is 11.5 Å². The molecule has 1 aliphatic heterocycles. The first-order valence-corrected chi connectivity index (χ1v) is 8.72. The summed E-state index contributed by atoms with van der Waals surface area (Å²) in [5, 5.41) is 2.97. The van der Waals surface area contributed by atoms with Crippen LogP contribution in [0.4, 0.5) is 5.69 Å². The molecule has 6 heteroatoms. The van der Waals surface area contributed by atoms with Gasteiger partial charge in [-0.25, -0.2) is 4.98 Å². The monoisotopic (exact) mass is 351 g/mol. The molecule has 0 saturated carbocycles. The highest BCUT2D eigenvalue weighted by Crippen LogP contribution is 2.33. The van der Waals surface area contributed by atoms with E-state index in [0.29, 0.717) is 24.7 Å². The Morgan fingerprint density at radius 2 is 1.92 bits per heavy atom. The number of rotatable bonds is 3. The van der Waals surface area contributed by atoms with Crippen molar-refractivity contribution < 1.29 is 14.3 Å². The van der Waals surface area contributed by atoms with Crippen LogP contribution in [0.2, 0.25) is 0 Å². The van der Waals surface area contributed by atoms with Gasteiger partial charge in [-0.2, -0.15) is 0 Å². The van der Waals surface area contributed by atoms with E-state index in [9.17, 15) is 4.79 Å². The minimum Gasteiger partial charge on any atom is -0.489 e. The molecule has 1 amide bonds.